The minimum Gasteiger partial charge on any atom is -0.335 e. The van der Waals surface area contributed by atoms with Crippen LogP contribution in [0.15, 0.2) is 6.07 Å². The first kappa shape index (κ1) is 15.5. The highest BCUT2D eigenvalue weighted by Gasteiger charge is 2.24. The van der Waals surface area contributed by atoms with Crippen molar-refractivity contribution in [2.24, 2.45) is 0 Å². The van der Waals surface area contributed by atoms with Crippen LogP contribution in [0.4, 0.5) is 0 Å². The number of carbonyl (C=O) groups is 1. The molecule has 2 rings (SSSR count). The van der Waals surface area contributed by atoms with Crippen molar-refractivity contribution in [3.05, 3.63) is 21.4 Å². The lowest BCUT2D eigenvalue weighted by atomic mass is 10.2. The lowest BCUT2D eigenvalue weighted by Gasteiger charge is -2.31. The molecule has 1 atom stereocenters. The first-order valence-corrected chi connectivity index (χ1v) is 9.43. The smallest absolute Gasteiger partial charge is 0.264 e. The van der Waals surface area contributed by atoms with Gasteiger partial charge in [-0.15, -0.1) is 11.3 Å². The maximum atomic E-state index is 12.4. The molecule has 2 heterocycles. The third-order valence-electron chi connectivity index (χ3n) is 3.31. The molecule has 0 radical (unpaired) electrons. The number of rotatable bonds is 3. The van der Waals surface area contributed by atoms with Gasteiger partial charge in [0.2, 0.25) is 0 Å². The van der Waals surface area contributed by atoms with Crippen LogP contribution in [-0.2, 0) is 15.6 Å². The van der Waals surface area contributed by atoms with Crippen LogP contribution in [0.25, 0.3) is 0 Å². The van der Waals surface area contributed by atoms with E-state index in [1.165, 1.54) is 17.6 Å². The van der Waals surface area contributed by atoms with Crippen LogP contribution in [0.2, 0.25) is 0 Å². The predicted octanol–water partition coefficient (Wildman–Crippen LogP) is 1.04. The second-order valence-electron chi connectivity index (χ2n) is 5.37. The minimum atomic E-state index is -3.07. The molecule has 0 saturated carbocycles. The molecule has 112 valence electrons. The van der Waals surface area contributed by atoms with Crippen molar-refractivity contribution in [3.8, 4) is 0 Å². The van der Waals surface area contributed by atoms with E-state index in [2.05, 4.69) is 5.32 Å². The fourth-order valence-electron chi connectivity index (χ4n) is 2.32. The van der Waals surface area contributed by atoms with E-state index in [-0.39, 0.29) is 11.7 Å². The zero-order valence-corrected chi connectivity index (χ0v) is 13.6. The Hall–Kier alpha value is -0.920. The first-order valence-electron chi connectivity index (χ1n) is 6.56. The average molecular weight is 316 g/mol. The lowest BCUT2D eigenvalue weighted by Crippen LogP contribution is -2.51. The highest BCUT2D eigenvalue weighted by atomic mass is 32.2. The number of nitrogens with zero attached hydrogens (tertiary/aromatic N) is 1. The molecule has 1 amide bonds. The Morgan fingerprint density at radius 2 is 2.25 bits per heavy atom. The summed E-state index contributed by atoms with van der Waals surface area (Å²) < 4.78 is 22.8. The number of thiophene rings is 1. The lowest BCUT2D eigenvalue weighted by molar-refractivity contribution is 0.0714. The molecule has 0 bridgehead atoms. The molecular weight excluding hydrogens is 296 g/mol. The van der Waals surface area contributed by atoms with Crippen molar-refractivity contribution < 1.29 is 13.2 Å². The fraction of sp³-hybridized carbons (Fsp3) is 0.615. The van der Waals surface area contributed by atoms with Gasteiger partial charge in [0.1, 0.15) is 0 Å². The normalized spacial score (nSPS) is 20.1. The number of amides is 1. The minimum absolute atomic E-state index is 0.000567. The summed E-state index contributed by atoms with van der Waals surface area (Å²) in [6.07, 6.45) is 1.21. The van der Waals surface area contributed by atoms with Crippen molar-refractivity contribution in [3.63, 3.8) is 0 Å². The Labute approximate surface area is 123 Å². The molecule has 1 aliphatic heterocycles. The van der Waals surface area contributed by atoms with E-state index in [0.717, 1.165) is 17.0 Å². The van der Waals surface area contributed by atoms with E-state index < -0.39 is 9.84 Å². The van der Waals surface area contributed by atoms with Crippen molar-refractivity contribution in [1.82, 2.24) is 10.2 Å². The Morgan fingerprint density at radius 1 is 1.55 bits per heavy atom. The monoisotopic (exact) mass is 316 g/mol. The molecule has 1 aromatic heterocycles. The molecule has 0 aromatic carbocycles. The predicted molar refractivity (Wildman–Crippen MR) is 81.0 cm³/mol. The summed E-state index contributed by atoms with van der Waals surface area (Å²) in [7, 11) is -3.07. The van der Waals surface area contributed by atoms with Gasteiger partial charge in [-0.25, -0.2) is 8.42 Å². The van der Waals surface area contributed by atoms with E-state index in [1.807, 2.05) is 18.7 Å². The highest BCUT2D eigenvalue weighted by Crippen LogP contribution is 2.25. The van der Waals surface area contributed by atoms with Gasteiger partial charge in [-0.2, -0.15) is 0 Å². The number of hydrogen-bond acceptors (Lipinski definition) is 5. The number of sulfone groups is 1. The van der Waals surface area contributed by atoms with Gasteiger partial charge in [0, 0.05) is 36.8 Å². The Morgan fingerprint density at radius 3 is 2.85 bits per heavy atom. The van der Waals surface area contributed by atoms with Crippen LogP contribution < -0.4 is 5.32 Å². The molecule has 1 saturated heterocycles. The summed E-state index contributed by atoms with van der Waals surface area (Å²) in [5.74, 6) is 0.00631. The largest absolute Gasteiger partial charge is 0.335 e. The molecule has 1 aromatic rings. The van der Waals surface area contributed by atoms with E-state index in [9.17, 15) is 13.2 Å². The zero-order valence-electron chi connectivity index (χ0n) is 12.0. The maximum Gasteiger partial charge on any atom is 0.264 e. The van der Waals surface area contributed by atoms with E-state index >= 15 is 0 Å². The van der Waals surface area contributed by atoms with Gasteiger partial charge in [0.05, 0.1) is 10.6 Å². The Balaban J connectivity index is 2.17. The maximum absolute atomic E-state index is 12.4. The molecule has 1 fully saturated rings. The third-order valence-corrected chi connectivity index (χ3v) is 5.22. The zero-order chi connectivity index (χ0) is 14.9. The van der Waals surface area contributed by atoms with Gasteiger partial charge in [-0.05, 0) is 25.5 Å². The second-order valence-corrected chi connectivity index (χ2v) is 8.77. The van der Waals surface area contributed by atoms with Crippen molar-refractivity contribution in [1.29, 1.82) is 0 Å². The summed E-state index contributed by atoms with van der Waals surface area (Å²) >= 11 is 1.38. The third kappa shape index (κ3) is 3.80. The molecule has 1 aliphatic rings. The first-order chi connectivity index (χ1) is 9.26. The molecule has 1 N–H and O–H groups in total. The molecule has 5 nitrogen and oxygen atoms in total. The standard InChI is InChI=1S/C13H20N2O3S2/c1-9-7-15(5-4-14-9)13(16)12-6-11(10(2)19-12)8-20(3,17)18/h6,9,14H,4-5,7-8H2,1-3H3/t9-/m0/s1. The van der Waals surface area contributed by atoms with Crippen molar-refractivity contribution in [2.45, 2.75) is 25.6 Å². The number of hydrogen-bond donors (Lipinski definition) is 1. The van der Waals surface area contributed by atoms with Crippen LogP contribution in [-0.4, -0.2) is 51.2 Å². The summed E-state index contributed by atoms with van der Waals surface area (Å²) in [5.41, 5.74) is 0.740. The fourth-order valence-corrected chi connectivity index (χ4v) is 4.29. The number of carbonyl (C=O) groups excluding carboxylic acids is 1. The second kappa shape index (κ2) is 5.83. The van der Waals surface area contributed by atoms with E-state index in [1.54, 1.807) is 6.07 Å². The van der Waals surface area contributed by atoms with Crippen LogP contribution in [0, 0.1) is 6.92 Å². The molecule has 0 unspecified atom stereocenters. The number of piperazine rings is 1. The SMILES string of the molecule is Cc1sc(C(=O)N2CCN[C@@H](C)C2)cc1CS(C)(=O)=O. The summed E-state index contributed by atoms with van der Waals surface area (Å²) in [6, 6.07) is 2.03. The van der Waals surface area contributed by atoms with Crippen molar-refractivity contribution >= 4 is 27.1 Å². The van der Waals surface area contributed by atoms with Gasteiger partial charge in [0.15, 0.2) is 9.84 Å². The van der Waals surface area contributed by atoms with Crippen LogP contribution >= 0.6 is 11.3 Å². The van der Waals surface area contributed by atoms with Gasteiger partial charge in [0.25, 0.3) is 5.91 Å². The van der Waals surface area contributed by atoms with Gasteiger partial charge < -0.3 is 10.2 Å². The number of aryl methyl sites for hydroxylation is 1. The van der Waals surface area contributed by atoms with Crippen LogP contribution in [0.5, 0.6) is 0 Å². The molecule has 0 aliphatic carbocycles. The molecule has 20 heavy (non-hydrogen) atoms. The highest BCUT2D eigenvalue weighted by molar-refractivity contribution is 7.89. The molecule has 0 spiro atoms. The summed E-state index contributed by atoms with van der Waals surface area (Å²) in [6.45, 7) is 6.10. The Bertz CT molecular complexity index is 607. The van der Waals surface area contributed by atoms with E-state index in [0.29, 0.717) is 24.0 Å². The summed E-state index contributed by atoms with van der Waals surface area (Å²) in [4.78, 5) is 15.8. The van der Waals surface area contributed by atoms with Gasteiger partial charge in [-0.3, -0.25) is 4.79 Å². The van der Waals surface area contributed by atoms with E-state index in [4.69, 9.17) is 0 Å². The quantitative estimate of drug-likeness (QED) is 0.905. The molecule has 7 heteroatoms. The van der Waals surface area contributed by atoms with Crippen molar-refractivity contribution in [2.75, 3.05) is 25.9 Å². The van der Waals surface area contributed by atoms with Crippen LogP contribution in [0.1, 0.15) is 27.0 Å². The Kier molecular flexibility index (Phi) is 4.51. The van der Waals surface area contributed by atoms with Crippen LogP contribution in [0.3, 0.4) is 0 Å². The van der Waals surface area contributed by atoms with Gasteiger partial charge >= 0.3 is 0 Å². The molecular formula is C13H20N2O3S2. The topological polar surface area (TPSA) is 66.5 Å². The van der Waals surface area contributed by atoms with Gasteiger partial charge in [-0.1, -0.05) is 0 Å². The average Bonchev–Trinajstić information content (AvgIpc) is 2.68. The number of nitrogens with one attached hydrogen (secondary N) is 1. The summed E-state index contributed by atoms with van der Waals surface area (Å²) in [5, 5.41) is 3.30.